The van der Waals surface area contributed by atoms with Crippen LogP contribution in [0.25, 0.3) is 10.8 Å². The largest absolute Gasteiger partial charge is 0.447 e. The van der Waals surface area contributed by atoms with E-state index in [0.29, 0.717) is 24.3 Å². The van der Waals surface area contributed by atoms with E-state index < -0.39 is 18.0 Å². The molecule has 1 aromatic heterocycles. The molecule has 0 unspecified atom stereocenters. The predicted molar refractivity (Wildman–Crippen MR) is 154 cm³/mol. The number of hydrogen-bond acceptors (Lipinski definition) is 6. The summed E-state index contributed by atoms with van der Waals surface area (Å²) in [6.07, 6.45) is 1.91. The minimum atomic E-state index is -0.748. The standard InChI is InChI=1S/C28H32ClFN4O5.CH4/c1-34(26(37)13-10-19-8-4-9-23(30)27(19)29)22(11-12-25(36)31-14-5-15-35)18-39-28(38)33-24-16-20-6-2-3-7-21(20)17-32-24;/h2-4,6-9,16-17,22,35H,5,10-15,18H2,1H3,(H,31,36)(H,32,33,38);1H4/t22-;/m0./s1. The molecule has 0 aliphatic carbocycles. The summed E-state index contributed by atoms with van der Waals surface area (Å²) in [5.41, 5.74) is 0.511. The zero-order valence-corrected chi connectivity index (χ0v) is 22.4. The van der Waals surface area contributed by atoms with Crippen LogP contribution in [-0.2, 0) is 20.7 Å². The van der Waals surface area contributed by atoms with Crippen molar-refractivity contribution in [1.82, 2.24) is 15.2 Å². The Hall–Kier alpha value is -3.76. The lowest BCUT2D eigenvalue weighted by molar-refractivity contribution is -0.133. The quantitative estimate of drug-likeness (QED) is 0.248. The second-order valence-electron chi connectivity index (χ2n) is 8.98. The van der Waals surface area contributed by atoms with Gasteiger partial charge >= 0.3 is 6.09 Å². The van der Waals surface area contributed by atoms with Crippen molar-refractivity contribution in [2.24, 2.45) is 0 Å². The molecule has 9 nitrogen and oxygen atoms in total. The maximum Gasteiger partial charge on any atom is 0.412 e. The first-order valence-electron chi connectivity index (χ1n) is 12.6. The van der Waals surface area contributed by atoms with Crippen LogP contribution in [0.3, 0.4) is 0 Å². The second-order valence-corrected chi connectivity index (χ2v) is 9.36. The van der Waals surface area contributed by atoms with Crippen molar-refractivity contribution in [3.63, 3.8) is 0 Å². The van der Waals surface area contributed by atoms with E-state index in [0.717, 1.165) is 10.8 Å². The van der Waals surface area contributed by atoms with E-state index in [9.17, 15) is 18.8 Å². The van der Waals surface area contributed by atoms with Crippen molar-refractivity contribution in [1.29, 1.82) is 0 Å². The zero-order chi connectivity index (χ0) is 28.2. The number of nitrogens with one attached hydrogen (secondary N) is 2. The van der Waals surface area contributed by atoms with Crippen molar-refractivity contribution in [2.45, 2.75) is 45.6 Å². The summed E-state index contributed by atoms with van der Waals surface area (Å²) in [6.45, 7) is 0.137. The van der Waals surface area contributed by atoms with Gasteiger partial charge in [0.25, 0.3) is 0 Å². The Morgan fingerprint density at radius 3 is 2.62 bits per heavy atom. The fraction of sp³-hybridized carbons (Fsp3) is 0.379. The molecule has 3 N–H and O–H groups in total. The lowest BCUT2D eigenvalue weighted by atomic mass is 10.1. The molecule has 0 fully saturated rings. The average Bonchev–Trinajstić information content (AvgIpc) is 2.93. The molecule has 0 aliphatic rings. The van der Waals surface area contributed by atoms with E-state index in [-0.39, 0.29) is 63.2 Å². The summed E-state index contributed by atoms with van der Waals surface area (Å²) in [4.78, 5) is 43.3. The van der Waals surface area contributed by atoms with Crippen molar-refractivity contribution in [2.75, 3.05) is 32.1 Å². The number of anilines is 1. The van der Waals surface area contributed by atoms with E-state index in [2.05, 4.69) is 15.6 Å². The van der Waals surface area contributed by atoms with Gasteiger partial charge in [0.2, 0.25) is 11.8 Å². The highest BCUT2D eigenvalue weighted by Crippen LogP contribution is 2.22. The molecule has 0 saturated heterocycles. The third-order valence-corrected chi connectivity index (χ3v) is 6.63. The van der Waals surface area contributed by atoms with Crippen LogP contribution in [0.5, 0.6) is 0 Å². The predicted octanol–water partition coefficient (Wildman–Crippen LogP) is 4.95. The van der Waals surface area contributed by atoms with E-state index in [1.54, 1.807) is 25.4 Å². The fourth-order valence-electron chi connectivity index (χ4n) is 3.91. The molecule has 3 rings (SSSR count). The number of benzene rings is 2. The van der Waals surface area contributed by atoms with Crippen LogP contribution in [0.15, 0.2) is 54.7 Å². The van der Waals surface area contributed by atoms with Gasteiger partial charge in [-0.15, -0.1) is 0 Å². The van der Waals surface area contributed by atoms with Crippen LogP contribution >= 0.6 is 11.6 Å². The number of amides is 3. The Morgan fingerprint density at radius 2 is 1.88 bits per heavy atom. The Morgan fingerprint density at radius 1 is 1.12 bits per heavy atom. The third kappa shape index (κ3) is 9.77. The molecule has 11 heteroatoms. The first kappa shape index (κ1) is 32.5. The number of carbonyl (C=O) groups is 3. The van der Waals surface area contributed by atoms with Gasteiger partial charge in [-0.1, -0.05) is 55.4 Å². The van der Waals surface area contributed by atoms with Gasteiger partial charge in [-0.05, 0) is 42.3 Å². The number of rotatable bonds is 13. The maximum atomic E-state index is 13.7. The Bertz CT molecular complexity index is 1290. The smallest absolute Gasteiger partial charge is 0.412 e. The van der Waals surface area contributed by atoms with E-state index in [4.69, 9.17) is 21.4 Å². The number of aromatic nitrogens is 1. The van der Waals surface area contributed by atoms with Crippen LogP contribution in [-0.4, -0.2) is 65.7 Å². The number of fused-ring (bicyclic) bond motifs is 1. The highest BCUT2D eigenvalue weighted by Gasteiger charge is 2.23. The minimum absolute atomic E-state index is 0. The molecule has 3 aromatic rings. The molecule has 1 heterocycles. The monoisotopic (exact) mass is 574 g/mol. The number of hydrogen-bond donors (Lipinski definition) is 3. The van der Waals surface area contributed by atoms with E-state index >= 15 is 0 Å². The molecule has 0 saturated carbocycles. The number of pyridine rings is 1. The molecule has 2 aromatic carbocycles. The lowest BCUT2D eigenvalue weighted by Crippen LogP contribution is -2.42. The van der Waals surface area contributed by atoms with Crippen LogP contribution in [0, 0.1) is 5.82 Å². The van der Waals surface area contributed by atoms with E-state index in [1.807, 2.05) is 24.3 Å². The fourth-order valence-corrected chi connectivity index (χ4v) is 4.13. The molecule has 0 spiro atoms. The van der Waals surface area contributed by atoms with Gasteiger partial charge < -0.3 is 20.1 Å². The highest BCUT2D eigenvalue weighted by molar-refractivity contribution is 6.31. The summed E-state index contributed by atoms with van der Waals surface area (Å²) in [7, 11) is 1.57. The molecule has 216 valence electrons. The number of halogens is 2. The molecular formula is C29H36ClFN4O5. The van der Waals surface area contributed by atoms with E-state index in [1.165, 1.54) is 17.0 Å². The normalized spacial score (nSPS) is 11.3. The summed E-state index contributed by atoms with van der Waals surface area (Å²) in [5.74, 6) is -0.762. The number of aliphatic hydroxyl groups excluding tert-OH is 1. The van der Waals surface area contributed by atoms with Gasteiger partial charge in [0, 0.05) is 44.6 Å². The molecule has 0 radical (unpaired) electrons. The van der Waals surface area contributed by atoms with Crippen molar-refractivity contribution in [3.05, 3.63) is 71.1 Å². The number of carbonyl (C=O) groups excluding carboxylic acids is 3. The maximum absolute atomic E-state index is 13.7. The zero-order valence-electron chi connectivity index (χ0n) is 21.7. The lowest BCUT2D eigenvalue weighted by Gasteiger charge is -2.28. The number of aliphatic hydroxyl groups is 1. The van der Waals surface area contributed by atoms with Crippen LogP contribution < -0.4 is 10.6 Å². The molecule has 0 aliphatic heterocycles. The SMILES string of the molecule is C.CN(C(=O)CCc1cccc(F)c1Cl)[C@@H](CCC(=O)NCCCO)COC(=O)Nc1cc2ccccc2cn1. The van der Waals surface area contributed by atoms with Crippen LogP contribution in [0.2, 0.25) is 5.02 Å². The molecule has 0 bridgehead atoms. The average molecular weight is 575 g/mol. The van der Waals surface area contributed by atoms with Gasteiger partial charge in [0.05, 0.1) is 11.1 Å². The minimum Gasteiger partial charge on any atom is -0.447 e. The summed E-state index contributed by atoms with van der Waals surface area (Å²) in [6, 6.07) is 13.1. The van der Waals surface area contributed by atoms with Gasteiger partial charge in [-0.2, -0.15) is 0 Å². The molecular weight excluding hydrogens is 539 g/mol. The number of likely N-dealkylation sites (N-methyl/N-ethyl adjacent to an activating group) is 1. The summed E-state index contributed by atoms with van der Waals surface area (Å²) >= 11 is 6.01. The second kappa shape index (κ2) is 16.4. The van der Waals surface area contributed by atoms with Crippen molar-refractivity contribution >= 4 is 46.1 Å². The molecule has 1 atom stereocenters. The molecule has 40 heavy (non-hydrogen) atoms. The Balaban J connectivity index is 0.00000560. The number of ether oxygens (including phenoxy) is 1. The van der Waals surface area contributed by atoms with Gasteiger partial charge in [-0.3, -0.25) is 14.9 Å². The Kier molecular flexibility index (Phi) is 13.3. The highest BCUT2D eigenvalue weighted by atomic mass is 35.5. The first-order chi connectivity index (χ1) is 18.8. The number of aryl methyl sites for hydroxylation is 1. The topological polar surface area (TPSA) is 121 Å². The summed E-state index contributed by atoms with van der Waals surface area (Å²) in [5, 5.41) is 16.0. The number of nitrogens with zero attached hydrogens (tertiary/aromatic N) is 2. The first-order valence-corrected chi connectivity index (χ1v) is 13.0. The van der Waals surface area contributed by atoms with Crippen molar-refractivity contribution in [3.8, 4) is 0 Å². The van der Waals surface area contributed by atoms with Crippen LogP contribution in [0.4, 0.5) is 15.0 Å². The van der Waals surface area contributed by atoms with Gasteiger partial charge in [0.1, 0.15) is 18.2 Å². The van der Waals surface area contributed by atoms with Crippen molar-refractivity contribution < 1.29 is 28.6 Å². The molecule has 3 amide bonds. The summed E-state index contributed by atoms with van der Waals surface area (Å²) < 4.78 is 19.1. The third-order valence-electron chi connectivity index (χ3n) is 6.21. The van der Waals surface area contributed by atoms with Gasteiger partial charge in [0.15, 0.2) is 0 Å². The van der Waals surface area contributed by atoms with Gasteiger partial charge in [-0.25, -0.2) is 14.2 Å². The Labute approximate surface area is 238 Å². The van der Waals surface area contributed by atoms with Crippen LogP contribution in [0.1, 0.15) is 38.7 Å².